The first-order chi connectivity index (χ1) is 8.58. The Morgan fingerprint density at radius 3 is 2.56 bits per heavy atom. The van der Waals surface area contributed by atoms with Crippen molar-refractivity contribution in [1.82, 2.24) is 4.31 Å². The monoisotopic (exact) mass is 276 g/mol. The minimum Gasteiger partial charge on any atom is -0.379 e. The van der Waals surface area contributed by atoms with E-state index in [0.29, 0.717) is 25.1 Å². The Morgan fingerprint density at radius 1 is 1.17 bits per heavy atom. The minimum atomic E-state index is -3.14. The van der Waals surface area contributed by atoms with Gasteiger partial charge in [-0.15, -0.1) is 0 Å². The van der Waals surface area contributed by atoms with E-state index in [9.17, 15) is 8.42 Å². The van der Waals surface area contributed by atoms with Gasteiger partial charge in [0.05, 0.1) is 19.0 Å². The van der Waals surface area contributed by atoms with Gasteiger partial charge in [-0.05, 0) is 24.7 Å². The highest BCUT2D eigenvalue weighted by atomic mass is 32.2. The number of nitrogens with zero attached hydrogens (tertiary/aromatic N) is 1. The third-order valence-electron chi connectivity index (χ3n) is 4.21. The smallest absolute Gasteiger partial charge is 0.216 e. The zero-order chi connectivity index (χ0) is 13.1. The molecule has 0 aromatic rings. The molecule has 0 aromatic carbocycles. The largest absolute Gasteiger partial charge is 0.379 e. The van der Waals surface area contributed by atoms with Crippen LogP contribution in [0.25, 0.3) is 0 Å². The second kappa shape index (κ2) is 5.86. The van der Waals surface area contributed by atoms with Gasteiger partial charge in [-0.25, -0.2) is 12.7 Å². The quantitative estimate of drug-likeness (QED) is 0.719. The molecule has 0 atom stereocenters. The first-order valence-electron chi connectivity index (χ1n) is 6.84. The minimum absolute atomic E-state index is 0.0864. The third kappa shape index (κ3) is 3.23. The highest BCUT2D eigenvalue weighted by Crippen LogP contribution is 2.45. The highest BCUT2D eigenvalue weighted by molar-refractivity contribution is 7.89. The van der Waals surface area contributed by atoms with Crippen molar-refractivity contribution < 1.29 is 13.2 Å². The summed E-state index contributed by atoms with van der Waals surface area (Å²) in [5.41, 5.74) is 5.59. The molecule has 106 valence electrons. The van der Waals surface area contributed by atoms with Crippen LogP contribution in [0.3, 0.4) is 0 Å². The summed E-state index contributed by atoms with van der Waals surface area (Å²) in [5.74, 6) is 0.0864. The summed E-state index contributed by atoms with van der Waals surface area (Å²) in [6, 6.07) is 0. The van der Waals surface area contributed by atoms with E-state index < -0.39 is 10.0 Å². The van der Waals surface area contributed by atoms with E-state index in [4.69, 9.17) is 10.5 Å². The predicted octanol–water partition coefficient (Wildman–Crippen LogP) is 0.558. The van der Waals surface area contributed by atoms with Crippen LogP contribution < -0.4 is 5.73 Å². The van der Waals surface area contributed by atoms with Crippen molar-refractivity contribution in [2.45, 2.75) is 32.1 Å². The van der Waals surface area contributed by atoms with E-state index in [-0.39, 0.29) is 12.4 Å². The molecule has 1 aliphatic carbocycles. The van der Waals surface area contributed by atoms with E-state index >= 15 is 0 Å². The second-order valence-electron chi connectivity index (χ2n) is 5.51. The van der Waals surface area contributed by atoms with Crippen LogP contribution in [0.15, 0.2) is 0 Å². The van der Waals surface area contributed by atoms with Crippen molar-refractivity contribution in [3.05, 3.63) is 0 Å². The lowest BCUT2D eigenvalue weighted by Gasteiger charge is -2.23. The molecule has 1 spiro atoms. The molecular weight excluding hydrogens is 252 g/mol. The number of hydrogen-bond acceptors (Lipinski definition) is 4. The van der Waals surface area contributed by atoms with E-state index in [1.165, 1.54) is 25.7 Å². The van der Waals surface area contributed by atoms with Crippen LogP contribution in [0.1, 0.15) is 32.1 Å². The molecule has 1 aliphatic heterocycles. The van der Waals surface area contributed by atoms with Gasteiger partial charge in [0.2, 0.25) is 10.0 Å². The lowest BCUT2D eigenvalue weighted by Crippen LogP contribution is -2.34. The van der Waals surface area contributed by atoms with Gasteiger partial charge >= 0.3 is 0 Å². The van der Waals surface area contributed by atoms with Crippen LogP contribution in [-0.4, -0.2) is 51.3 Å². The maximum Gasteiger partial charge on any atom is 0.216 e. The first-order valence-corrected chi connectivity index (χ1v) is 8.45. The fourth-order valence-electron chi connectivity index (χ4n) is 3.14. The number of nitrogens with two attached hydrogens (primary N) is 1. The van der Waals surface area contributed by atoms with Crippen molar-refractivity contribution in [2.24, 2.45) is 11.1 Å². The van der Waals surface area contributed by atoms with E-state index in [1.807, 2.05) is 0 Å². The zero-order valence-corrected chi connectivity index (χ0v) is 11.8. The fourth-order valence-corrected chi connectivity index (χ4v) is 4.57. The van der Waals surface area contributed by atoms with Gasteiger partial charge in [-0.1, -0.05) is 12.8 Å². The third-order valence-corrected chi connectivity index (χ3v) is 5.99. The average molecular weight is 276 g/mol. The molecule has 2 N–H and O–H groups in total. The summed E-state index contributed by atoms with van der Waals surface area (Å²) >= 11 is 0. The predicted molar refractivity (Wildman–Crippen MR) is 70.8 cm³/mol. The Balaban J connectivity index is 1.83. The summed E-state index contributed by atoms with van der Waals surface area (Å²) in [6.45, 7) is 2.54. The summed E-state index contributed by atoms with van der Waals surface area (Å²) in [4.78, 5) is 0. The summed E-state index contributed by atoms with van der Waals surface area (Å²) in [6.07, 6.45) is 5.95. The van der Waals surface area contributed by atoms with Crippen molar-refractivity contribution in [2.75, 3.05) is 38.6 Å². The number of sulfonamides is 1. The summed E-state index contributed by atoms with van der Waals surface area (Å²) < 4.78 is 31.1. The Labute approximate surface area is 110 Å². The lowest BCUT2D eigenvalue weighted by atomic mass is 9.86. The lowest BCUT2D eigenvalue weighted by molar-refractivity contribution is 0.156. The summed E-state index contributed by atoms with van der Waals surface area (Å²) in [7, 11) is -3.14. The van der Waals surface area contributed by atoms with Crippen molar-refractivity contribution in [3.63, 3.8) is 0 Å². The topological polar surface area (TPSA) is 72.6 Å². The first kappa shape index (κ1) is 14.2. The Bertz CT molecular complexity index is 364. The number of rotatable bonds is 6. The SMILES string of the molecule is NCCOCCS(=O)(=O)N1CCC2(CCCC2)C1. The van der Waals surface area contributed by atoms with E-state index in [0.717, 1.165) is 13.0 Å². The Kier molecular flexibility index (Phi) is 4.64. The molecule has 1 saturated carbocycles. The number of ether oxygens (including phenoxy) is 1. The molecule has 0 bridgehead atoms. The van der Waals surface area contributed by atoms with Gasteiger partial charge in [0, 0.05) is 19.6 Å². The highest BCUT2D eigenvalue weighted by Gasteiger charge is 2.43. The van der Waals surface area contributed by atoms with Crippen LogP contribution in [0.2, 0.25) is 0 Å². The van der Waals surface area contributed by atoms with Crippen molar-refractivity contribution in [3.8, 4) is 0 Å². The molecule has 2 aliphatic rings. The average Bonchev–Trinajstić information content (AvgIpc) is 2.96. The van der Waals surface area contributed by atoms with Gasteiger partial charge < -0.3 is 10.5 Å². The molecule has 6 heteroatoms. The van der Waals surface area contributed by atoms with Gasteiger partial charge in [0.15, 0.2) is 0 Å². The molecule has 0 radical (unpaired) electrons. The Morgan fingerprint density at radius 2 is 1.89 bits per heavy atom. The normalized spacial score (nSPS) is 24.1. The van der Waals surface area contributed by atoms with Crippen LogP contribution in [-0.2, 0) is 14.8 Å². The molecule has 0 unspecified atom stereocenters. The van der Waals surface area contributed by atoms with Crippen LogP contribution >= 0.6 is 0 Å². The molecule has 18 heavy (non-hydrogen) atoms. The number of hydrogen-bond donors (Lipinski definition) is 1. The van der Waals surface area contributed by atoms with Crippen molar-refractivity contribution >= 4 is 10.0 Å². The molecular formula is C12H24N2O3S. The van der Waals surface area contributed by atoms with Gasteiger partial charge in [-0.3, -0.25) is 0 Å². The molecule has 0 aromatic heterocycles. The van der Waals surface area contributed by atoms with Crippen LogP contribution in [0.4, 0.5) is 0 Å². The maximum absolute atomic E-state index is 12.2. The molecule has 0 amide bonds. The Hall–Kier alpha value is -0.170. The van der Waals surface area contributed by atoms with Gasteiger partial charge in [0.1, 0.15) is 0 Å². The fraction of sp³-hybridized carbons (Fsp3) is 1.00. The standard InChI is InChI=1S/C12H24N2O3S/c13-6-8-17-9-10-18(15,16)14-7-5-12(11-14)3-1-2-4-12/h1-11,13H2. The van der Waals surface area contributed by atoms with Gasteiger partial charge in [0.25, 0.3) is 0 Å². The van der Waals surface area contributed by atoms with E-state index in [1.54, 1.807) is 4.31 Å². The zero-order valence-electron chi connectivity index (χ0n) is 10.9. The molecule has 1 saturated heterocycles. The molecule has 1 heterocycles. The van der Waals surface area contributed by atoms with E-state index in [2.05, 4.69) is 0 Å². The van der Waals surface area contributed by atoms with Crippen LogP contribution in [0, 0.1) is 5.41 Å². The maximum atomic E-state index is 12.2. The van der Waals surface area contributed by atoms with Gasteiger partial charge in [-0.2, -0.15) is 0 Å². The van der Waals surface area contributed by atoms with Crippen molar-refractivity contribution in [1.29, 1.82) is 0 Å². The molecule has 2 rings (SSSR count). The second-order valence-corrected chi connectivity index (χ2v) is 7.60. The molecule has 5 nitrogen and oxygen atoms in total. The van der Waals surface area contributed by atoms with Crippen LogP contribution in [0.5, 0.6) is 0 Å². The summed E-state index contributed by atoms with van der Waals surface area (Å²) in [5, 5.41) is 0. The molecule has 2 fully saturated rings.